The van der Waals surface area contributed by atoms with Gasteiger partial charge in [-0.05, 0) is 47.1 Å². The van der Waals surface area contributed by atoms with Crippen LogP contribution >= 0.6 is 15.9 Å². The second kappa shape index (κ2) is 5.23. The first-order valence-corrected chi connectivity index (χ1v) is 5.84. The van der Waals surface area contributed by atoms with Gasteiger partial charge in [-0.1, -0.05) is 0 Å². The Morgan fingerprint density at radius 1 is 1.18 bits per heavy atom. The van der Waals surface area contributed by atoms with E-state index in [1.165, 1.54) is 12.1 Å². The monoisotopic (exact) mass is 296 g/mol. The molecule has 2 aromatic rings. The van der Waals surface area contributed by atoms with Gasteiger partial charge in [0.1, 0.15) is 11.6 Å². The van der Waals surface area contributed by atoms with Gasteiger partial charge in [0, 0.05) is 12.4 Å². The van der Waals surface area contributed by atoms with Crippen molar-refractivity contribution >= 4 is 15.9 Å². The van der Waals surface area contributed by atoms with Crippen molar-refractivity contribution in [2.45, 2.75) is 13.0 Å². The van der Waals surface area contributed by atoms with E-state index in [0.717, 1.165) is 4.47 Å². The summed E-state index contributed by atoms with van der Waals surface area (Å²) in [6, 6.07) is 5.85. The highest BCUT2D eigenvalue weighted by atomic mass is 79.9. The summed E-state index contributed by atoms with van der Waals surface area (Å²) >= 11 is 3.26. The Morgan fingerprint density at radius 2 is 1.76 bits per heavy atom. The van der Waals surface area contributed by atoms with Gasteiger partial charge in [0.25, 0.3) is 0 Å². The standard InChI is InChI=1S/C12H10BrFN2O/c1-8(12-15-6-9(13)7-16-12)17-11-4-2-10(14)3-5-11/h2-8H,1H3. The van der Waals surface area contributed by atoms with E-state index in [2.05, 4.69) is 25.9 Å². The van der Waals surface area contributed by atoms with Crippen molar-refractivity contribution in [2.75, 3.05) is 0 Å². The maximum absolute atomic E-state index is 12.7. The molecule has 0 aliphatic carbocycles. The summed E-state index contributed by atoms with van der Waals surface area (Å²) < 4.78 is 19.1. The van der Waals surface area contributed by atoms with Crippen LogP contribution in [0, 0.1) is 5.82 Å². The molecule has 0 aliphatic rings. The number of hydrogen-bond donors (Lipinski definition) is 0. The van der Waals surface area contributed by atoms with Crippen molar-refractivity contribution in [2.24, 2.45) is 0 Å². The molecule has 5 heteroatoms. The number of ether oxygens (including phenoxy) is 1. The Bertz CT molecular complexity index is 487. The molecule has 0 amide bonds. The van der Waals surface area contributed by atoms with Gasteiger partial charge >= 0.3 is 0 Å². The first-order valence-electron chi connectivity index (χ1n) is 5.05. The van der Waals surface area contributed by atoms with Gasteiger partial charge in [0.05, 0.1) is 4.47 Å². The van der Waals surface area contributed by atoms with Crippen LogP contribution in [0.2, 0.25) is 0 Å². The molecule has 0 saturated heterocycles. The van der Waals surface area contributed by atoms with Crippen molar-refractivity contribution < 1.29 is 9.13 Å². The first-order chi connectivity index (χ1) is 8.15. The van der Waals surface area contributed by atoms with Crippen LogP contribution in [0.4, 0.5) is 4.39 Å². The molecule has 1 aromatic heterocycles. The first kappa shape index (κ1) is 12.0. The molecule has 1 heterocycles. The Morgan fingerprint density at radius 3 is 2.35 bits per heavy atom. The molecule has 88 valence electrons. The molecule has 0 saturated carbocycles. The Labute approximate surface area is 107 Å². The number of rotatable bonds is 3. The van der Waals surface area contributed by atoms with Gasteiger partial charge in [-0.25, -0.2) is 14.4 Å². The molecule has 3 nitrogen and oxygen atoms in total. The van der Waals surface area contributed by atoms with Crippen LogP contribution in [0.3, 0.4) is 0 Å². The summed E-state index contributed by atoms with van der Waals surface area (Å²) in [6.45, 7) is 1.84. The molecule has 17 heavy (non-hydrogen) atoms. The third-order valence-electron chi connectivity index (χ3n) is 2.13. The molecule has 2 rings (SSSR count). The average Bonchev–Trinajstić information content (AvgIpc) is 2.33. The maximum Gasteiger partial charge on any atom is 0.169 e. The summed E-state index contributed by atoms with van der Waals surface area (Å²) in [5.74, 6) is 0.882. The zero-order valence-electron chi connectivity index (χ0n) is 9.10. The second-order valence-corrected chi connectivity index (χ2v) is 4.39. The fourth-order valence-corrected chi connectivity index (χ4v) is 1.51. The highest BCUT2D eigenvalue weighted by Crippen LogP contribution is 2.19. The zero-order valence-corrected chi connectivity index (χ0v) is 10.7. The third kappa shape index (κ3) is 3.23. The predicted molar refractivity (Wildman–Crippen MR) is 65.2 cm³/mol. The molecule has 1 aromatic carbocycles. The summed E-state index contributed by atoms with van der Waals surface area (Å²) in [4.78, 5) is 8.27. The van der Waals surface area contributed by atoms with Gasteiger partial charge < -0.3 is 4.74 Å². The lowest BCUT2D eigenvalue weighted by atomic mass is 10.3. The van der Waals surface area contributed by atoms with Gasteiger partial charge in [-0.3, -0.25) is 0 Å². The molecule has 0 spiro atoms. The lowest BCUT2D eigenvalue weighted by Crippen LogP contribution is -2.07. The molecular weight excluding hydrogens is 287 g/mol. The second-order valence-electron chi connectivity index (χ2n) is 3.47. The van der Waals surface area contributed by atoms with Crippen molar-refractivity contribution in [3.8, 4) is 5.75 Å². The van der Waals surface area contributed by atoms with E-state index in [-0.39, 0.29) is 11.9 Å². The number of hydrogen-bond acceptors (Lipinski definition) is 3. The minimum Gasteiger partial charge on any atom is -0.483 e. The van der Waals surface area contributed by atoms with Crippen LogP contribution in [0.1, 0.15) is 18.9 Å². The van der Waals surface area contributed by atoms with Crippen LogP contribution < -0.4 is 4.74 Å². The lowest BCUT2D eigenvalue weighted by molar-refractivity contribution is 0.216. The molecule has 0 fully saturated rings. The van der Waals surface area contributed by atoms with Crippen LogP contribution in [0.25, 0.3) is 0 Å². The van der Waals surface area contributed by atoms with Gasteiger partial charge in [0.2, 0.25) is 0 Å². The number of benzene rings is 1. The molecule has 0 N–H and O–H groups in total. The predicted octanol–water partition coefficient (Wildman–Crippen LogP) is 3.52. The van der Waals surface area contributed by atoms with Crippen LogP contribution in [-0.4, -0.2) is 9.97 Å². The smallest absolute Gasteiger partial charge is 0.169 e. The van der Waals surface area contributed by atoms with Crippen molar-refractivity contribution in [3.63, 3.8) is 0 Å². The van der Waals surface area contributed by atoms with Crippen molar-refractivity contribution in [1.82, 2.24) is 9.97 Å². The number of aromatic nitrogens is 2. The minimum absolute atomic E-state index is 0.284. The van der Waals surface area contributed by atoms with Gasteiger partial charge in [-0.15, -0.1) is 0 Å². The summed E-state index contributed by atoms with van der Waals surface area (Å²) in [7, 11) is 0. The Hall–Kier alpha value is -1.49. The molecule has 0 radical (unpaired) electrons. The van der Waals surface area contributed by atoms with Gasteiger partial charge in [-0.2, -0.15) is 0 Å². The summed E-state index contributed by atoms with van der Waals surface area (Å²) in [5, 5.41) is 0. The average molecular weight is 297 g/mol. The lowest BCUT2D eigenvalue weighted by Gasteiger charge is -2.13. The molecular formula is C12H10BrFN2O. The number of halogens is 2. The molecule has 0 aliphatic heterocycles. The maximum atomic E-state index is 12.7. The fraction of sp³-hybridized carbons (Fsp3) is 0.167. The minimum atomic E-state index is -0.287. The molecule has 0 bridgehead atoms. The fourth-order valence-electron chi connectivity index (χ4n) is 1.30. The van der Waals surface area contributed by atoms with E-state index in [1.54, 1.807) is 24.5 Å². The van der Waals surface area contributed by atoms with Gasteiger partial charge in [0.15, 0.2) is 11.9 Å². The van der Waals surface area contributed by atoms with Crippen molar-refractivity contribution in [3.05, 3.63) is 52.8 Å². The van der Waals surface area contributed by atoms with E-state index < -0.39 is 0 Å². The topological polar surface area (TPSA) is 35.0 Å². The normalized spacial score (nSPS) is 12.2. The van der Waals surface area contributed by atoms with Crippen LogP contribution in [0.5, 0.6) is 5.75 Å². The van der Waals surface area contributed by atoms with Crippen LogP contribution in [0.15, 0.2) is 41.1 Å². The van der Waals surface area contributed by atoms with E-state index in [4.69, 9.17) is 4.74 Å². The summed E-state index contributed by atoms with van der Waals surface area (Å²) in [6.07, 6.45) is 3.04. The quantitative estimate of drug-likeness (QED) is 0.869. The summed E-state index contributed by atoms with van der Waals surface area (Å²) in [5.41, 5.74) is 0. The third-order valence-corrected chi connectivity index (χ3v) is 2.54. The van der Waals surface area contributed by atoms with E-state index in [9.17, 15) is 4.39 Å². The largest absolute Gasteiger partial charge is 0.483 e. The van der Waals surface area contributed by atoms with E-state index in [1.807, 2.05) is 6.92 Å². The highest BCUT2D eigenvalue weighted by molar-refractivity contribution is 9.10. The molecule has 1 atom stereocenters. The van der Waals surface area contributed by atoms with Crippen LogP contribution in [-0.2, 0) is 0 Å². The zero-order chi connectivity index (χ0) is 12.3. The van der Waals surface area contributed by atoms with E-state index in [0.29, 0.717) is 11.6 Å². The highest BCUT2D eigenvalue weighted by Gasteiger charge is 2.10. The SMILES string of the molecule is CC(Oc1ccc(F)cc1)c1ncc(Br)cn1. The molecule has 1 unspecified atom stereocenters. The van der Waals surface area contributed by atoms with Crippen molar-refractivity contribution in [1.29, 1.82) is 0 Å². The van der Waals surface area contributed by atoms with E-state index >= 15 is 0 Å². The Kier molecular flexibility index (Phi) is 3.68. The Balaban J connectivity index is 2.08. The number of nitrogens with zero attached hydrogens (tertiary/aromatic N) is 2.